The lowest BCUT2D eigenvalue weighted by Crippen LogP contribution is -2.41. The van der Waals surface area contributed by atoms with Crippen LogP contribution in [0.2, 0.25) is 0 Å². The van der Waals surface area contributed by atoms with E-state index in [1.807, 2.05) is 19.1 Å². The fourth-order valence-corrected chi connectivity index (χ4v) is 4.38. The van der Waals surface area contributed by atoms with Gasteiger partial charge in [-0.1, -0.05) is 17.8 Å². The molecule has 0 radical (unpaired) electrons. The minimum absolute atomic E-state index is 0.138. The van der Waals surface area contributed by atoms with Crippen LogP contribution in [0.3, 0.4) is 0 Å². The molecule has 1 aromatic carbocycles. The molecular weight excluding hydrogens is 478 g/mol. The highest BCUT2D eigenvalue weighted by molar-refractivity contribution is 8.13. The summed E-state index contributed by atoms with van der Waals surface area (Å²) >= 11 is 0.734. The molecule has 2 aromatic rings. The Morgan fingerprint density at radius 1 is 1.23 bits per heavy atom. The van der Waals surface area contributed by atoms with Crippen molar-refractivity contribution >= 4 is 57.2 Å². The zero-order chi connectivity index (χ0) is 25.7. The topological polar surface area (TPSA) is 149 Å². The Morgan fingerprint density at radius 3 is 2.60 bits per heavy atom. The van der Waals surface area contributed by atoms with Crippen LogP contribution in [0.1, 0.15) is 49.7 Å². The van der Waals surface area contributed by atoms with Crippen molar-refractivity contribution in [2.75, 3.05) is 12.4 Å². The van der Waals surface area contributed by atoms with Crippen LogP contribution in [-0.2, 0) is 33.4 Å². The van der Waals surface area contributed by atoms with Gasteiger partial charge in [0.15, 0.2) is 11.2 Å². The second-order valence-electron chi connectivity index (χ2n) is 7.99. The van der Waals surface area contributed by atoms with Gasteiger partial charge in [0.2, 0.25) is 5.91 Å². The number of ether oxygens (including phenoxy) is 2. The first-order chi connectivity index (χ1) is 16.5. The number of carbonyl (C=O) groups excluding carboxylic acids is 4. The fourth-order valence-electron chi connectivity index (χ4n) is 3.55. The minimum atomic E-state index is -1.25. The molecule has 11 heteroatoms. The van der Waals surface area contributed by atoms with Gasteiger partial charge >= 0.3 is 17.9 Å². The third-order valence-corrected chi connectivity index (χ3v) is 6.33. The molecule has 0 spiro atoms. The van der Waals surface area contributed by atoms with E-state index >= 15 is 0 Å². The van der Waals surface area contributed by atoms with Crippen LogP contribution in [0.4, 0.5) is 0 Å². The first-order valence-electron chi connectivity index (χ1n) is 10.8. The highest BCUT2D eigenvalue weighted by Gasteiger charge is 2.23. The summed E-state index contributed by atoms with van der Waals surface area (Å²) in [5.74, 6) is -2.41. The van der Waals surface area contributed by atoms with Crippen LogP contribution < -0.4 is 5.32 Å². The van der Waals surface area contributed by atoms with E-state index in [2.05, 4.69) is 5.32 Å². The lowest BCUT2D eigenvalue weighted by atomic mass is 10.0. The third-order valence-electron chi connectivity index (χ3n) is 5.30. The second-order valence-corrected chi connectivity index (χ2v) is 9.06. The average molecular weight is 504 g/mol. The molecule has 0 fully saturated rings. The Bertz CT molecular complexity index is 1210. The quantitative estimate of drug-likeness (QED) is 0.463. The van der Waals surface area contributed by atoms with Crippen LogP contribution in [0.5, 0.6) is 0 Å². The maximum absolute atomic E-state index is 12.3. The Morgan fingerprint density at radius 2 is 1.97 bits per heavy atom. The van der Waals surface area contributed by atoms with Gasteiger partial charge in [-0.05, 0) is 31.5 Å². The van der Waals surface area contributed by atoms with Crippen molar-refractivity contribution in [2.45, 2.75) is 45.8 Å². The van der Waals surface area contributed by atoms with Gasteiger partial charge in [-0.25, -0.2) is 9.59 Å². The van der Waals surface area contributed by atoms with Crippen molar-refractivity contribution in [3.63, 3.8) is 0 Å². The van der Waals surface area contributed by atoms with E-state index in [4.69, 9.17) is 19.0 Å². The first-order valence-corrected chi connectivity index (χ1v) is 11.8. The second kappa shape index (κ2) is 11.2. The normalized spacial score (nSPS) is 14.7. The highest BCUT2D eigenvalue weighted by atomic mass is 32.2. The highest BCUT2D eigenvalue weighted by Crippen LogP contribution is 2.33. The van der Waals surface area contributed by atoms with Gasteiger partial charge < -0.3 is 24.3 Å². The number of cyclic esters (lactones) is 1. The lowest BCUT2D eigenvalue weighted by molar-refractivity contribution is -0.150. The number of aryl methyl sites for hydroxylation is 1. The summed E-state index contributed by atoms with van der Waals surface area (Å²) in [6.45, 7) is 4.90. The number of rotatable bonds is 10. The number of amides is 1. The molecule has 2 heterocycles. The third kappa shape index (κ3) is 6.72. The summed E-state index contributed by atoms with van der Waals surface area (Å²) in [6, 6.07) is 4.30. The molecule has 0 bridgehead atoms. The predicted molar refractivity (Wildman–Crippen MR) is 126 cm³/mol. The number of esters is 2. The zero-order valence-electron chi connectivity index (χ0n) is 19.4. The lowest BCUT2D eigenvalue weighted by Gasteiger charge is -2.13. The van der Waals surface area contributed by atoms with Gasteiger partial charge in [0.25, 0.3) is 0 Å². The van der Waals surface area contributed by atoms with Crippen LogP contribution in [0.15, 0.2) is 28.7 Å². The molecule has 1 amide bonds. The summed E-state index contributed by atoms with van der Waals surface area (Å²) < 4.78 is 16.3. The Labute approximate surface area is 205 Å². The van der Waals surface area contributed by atoms with Crippen molar-refractivity contribution in [3.8, 4) is 0 Å². The molecule has 1 aliphatic heterocycles. The van der Waals surface area contributed by atoms with Crippen molar-refractivity contribution < 1.29 is 43.0 Å². The summed E-state index contributed by atoms with van der Waals surface area (Å²) in [6.07, 6.45) is 0.428. The molecule has 186 valence electrons. The van der Waals surface area contributed by atoms with Crippen molar-refractivity contribution in [1.82, 2.24) is 5.32 Å². The van der Waals surface area contributed by atoms with Gasteiger partial charge in [0.05, 0.1) is 6.42 Å². The molecule has 0 saturated heterocycles. The number of aliphatic carboxylic acids is 1. The minimum Gasteiger partial charge on any atom is -0.480 e. The number of hydrogen-bond donors (Lipinski definition) is 2. The molecule has 35 heavy (non-hydrogen) atoms. The number of hydrogen-bond acceptors (Lipinski definition) is 9. The molecule has 2 N–H and O–H groups in total. The summed E-state index contributed by atoms with van der Waals surface area (Å²) in [5, 5.41) is 11.7. The monoisotopic (exact) mass is 503 g/mol. The van der Waals surface area contributed by atoms with Gasteiger partial charge in [0.1, 0.15) is 24.0 Å². The number of carbonyl (C=O) groups is 5. The van der Waals surface area contributed by atoms with E-state index < -0.39 is 30.0 Å². The number of nitrogens with one attached hydrogen (secondary N) is 1. The number of carboxylic acid groups (broad SMARTS) is 1. The molecule has 0 saturated carbocycles. The molecule has 3 rings (SSSR count). The Kier molecular flexibility index (Phi) is 8.34. The number of fused-ring (bicyclic) bond motifs is 1. The van der Waals surface area contributed by atoms with Crippen LogP contribution in [0, 0.1) is 6.92 Å². The predicted octanol–water partition coefficient (Wildman–Crippen LogP) is 2.91. The SMILES string of the molecule is CC(=O)N[C@H](CSC(=O)CCC(=O)OC(C)c1oc2ccc(C3=CC(=O)OC3)cc2c1C)C(=O)O. The summed E-state index contributed by atoms with van der Waals surface area (Å²) in [7, 11) is 0. The summed E-state index contributed by atoms with van der Waals surface area (Å²) in [5.41, 5.74) is 3.00. The molecule has 1 aliphatic rings. The maximum Gasteiger partial charge on any atom is 0.331 e. The number of carboxylic acids is 1. The fraction of sp³-hybridized carbons (Fsp3) is 0.375. The van der Waals surface area contributed by atoms with Gasteiger partial charge in [-0.3, -0.25) is 14.4 Å². The summed E-state index contributed by atoms with van der Waals surface area (Å²) in [4.78, 5) is 57.8. The van der Waals surface area contributed by atoms with Crippen LogP contribution >= 0.6 is 11.8 Å². The standard InChI is InChI=1S/C24H25NO9S/c1-12-17-8-15(16-9-21(28)32-10-16)4-5-19(17)34-23(12)13(2)33-20(27)6-7-22(29)35-11-18(24(30)31)25-14(3)26/h4-5,8-9,13,18H,6-7,10-11H2,1-3H3,(H,25,26)(H,30,31)/t13?,18-/m1/s1. The van der Waals surface area contributed by atoms with Gasteiger partial charge in [-0.2, -0.15) is 0 Å². The van der Waals surface area contributed by atoms with E-state index in [0.717, 1.165) is 33.8 Å². The molecule has 1 aromatic heterocycles. The average Bonchev–Trinajstić information content (AvgIpc) is 3.37. The smallest absolute Gasteiger partial charge is 0.331 e. The Hall–Kier alpha value is -3.60. The van der Waals surface area contributed by atoms with E-state index in [1.54, 1.807) is 13.0 Å². The van der Waals surface area contributed by atoms with E-state index in [1.165, 1.54) is 13.0 Å². The number of thioether (sulfide) groups is 1. The van der Waals surface area contributed by atoms with Gasteiger partial charge in [0, 0.05) is 41.7 Å². The van der Waals surface area contributed by atoms with Crippen LogP contribution in [-0.4, -0.2) is 52.4 Å². The first kappa shape index (κ1) is 26.0. The Balaban J connectivity index is 1.55. The van der Waals surface area contributed by atoms with Crippen molar-refractivity contribution in [1.29, 1.82) is 0 Å². The largest absolute Gasteiger partial charge is 0.480 e. The van der Waals surface area contributed by atoms with Gasteiger partial charge in [-0.15, -0.1) is 0 Å². The number of benzene rings is 1. The maximum atomic E-state index is 12.3. The van der Waals surface area contributed by atoms with Crippen LogP contribution in [0.25, 0.3) is 16.5 Å². The van der Waals surface area contributed by atoms with E-state index in [-0.39, 0.29) is 36.3 Å². The van der Waals surface area contributed by atoms with Crippen molar-refractivity contribution in [2.24, 2.45) is 0 Å². The number of furan rings is 1. The molecule has 1 unspecified atom stereocenters. The van der Waals surface area contributed by atoms with E-state index in [0.29, 0.717) is 11.3 Å². The molecule has 2 atom stereocenters. The van der Waals surface area contributed by atoms with Crippen molar-refractivity contribution in [3.05, 3.63) is 41.2 Å². The molecule has 10 nitrogen and oxygen atoms in total. The molecule has 0 aliphatic carbocycles. The zero-order valence-corrected chi connectivity index (χ0v) is 20.2. The van der Waals surface area contributed by atoms with E-state index in [9.17, 15) is 24.0 Å². The molecular formula is C24H25NO9S.